The van der Waals surface area contributed by atoms with Crippen molar-refractivity contribution in [1.29, 1.82) is 0 Å². The molecule has 3 amide bonds. The fraction of sp³-hybridized carbons (Fsp3) is 0.390. The summed E-state index contributed by atoms with van der Waals surface area (Å²) < 4.78 is 26.1. The molecule has 3 aromatic rings. The number of fused-ring (bicyclic) bond motifs is 1. The number of halogens is 1. The lowest BCUT2D eigenvalue weighted by Gasteiger charge is -2.44. The second-order valence-corrected chi connectivity index (χ2v) is 18.8. The molecule has 0 aromatic heterocycles. The predicted molar refractivity (Wildman–Crippen MR) is 199 cm³/mol. The second kappa shape index (κ2) is 16.1. The highest BCUT2D eigenvalue weighted by Crippen LogP contribution is 2.47. The van der Waals surface area contributed by atoms with Crippen LogP contribution < -0.4 is 10.4 Å². The summed E-state index contributed by atoms with van der Waals surface area (Å²) in [4.78, 5) is 40.5. The topological polar surface area (TPSA) is 134 Å². The van der Waals surface area contributed by atoms with Crippen LogP contribution in [-0.2, 0) is 18.8 Å². The molecular weight excluding hydrogens is 682 g/mol. The minimum absolute atomic E-state index is 0.0162. The van der Waals surface area contributed by atoms with Crippen molar-refractivity contribution in [1.82, 2.24) is 4.90 Å². The number of aliphatic hydroxyl groups is 2. The first-order valence-electron chi connectivity index (χ1n) is 17.7. The third-order valence-electron chi connectivity index (χ3n) is 10.5. The fourth-order valence-corrected chi connectivity index (χ4v) is 12.5. The Morgan fingerprint density at radius 1 is 1.02 bits per heavy atom. The normalized spacial score (nSPS) is 20.3. The van der Waals surface area contributed by atoms with Crippen molar-refractivity contribution in [3.63, 3.8) is 0 Å². The number of methoxy groups -OCH3 is 1. The molecule has 52 heavy (non-hydrogen) atoms. The number of amides is 3. The van der Waals surface area contributed by atoms with Crippen molar-refractivity contribution < 1.29 is 43.3 Å². The zero-order chi connectivity index (χ0) is 37.8. The van der Waals surface area contributed by atoms with Gasteiger partial charge in [0.05, 0.1) is 38.3 Å². The Bertz CT molecular complexity index is 1800. The summed E-state index contributed by atoms with van der Waals surface area (Å²) in [6.07, 6.45) is 0.842. The van der Waals surface area contributed by atoms with Crippen LogP contribution in [0.25, 0.3) is 6.08 Å². The Hall–Kier alpha value is -4.42. The summed E-state index contributed by atoms with van der Waals surface area (Å²) in [5.41, 5.74) is 2.51. The van der Waals surface area contributed by atoms with E-state index in [2.05, 4.69) is 45.0 Å². The van der Waals surface area contributed by atoms with Gasteiger partial charge in [-0.15, -0.1) is 0 Å². The van der Waals surface area contributed by atoms with E-state index in [9.17, 15) is 34.1 Å². The lowest BCUT2D eigenvalue weighted by molar-refractivity contribution is -0.137. The van der Waals surface area contributed by atoms with Crippen LogP contribution in [0.2, 0.25) is 5.04 Å². The van der Waals surface area contributed by atoms with Gasteiger partial charge in [-0.3, -0.25) is 9.59 Å². The fourth-order valence-electron chi connectivity index (χ4n) is 8.00. The number of benzene rings is 3. The van der Waals surface area contributed by atoms with Gasteiger partial charge in [0.15, 0.2) is 11.6 Å². The molecule has 0 unspecified atom stereocenters. The monoisotopic (exact) mass is 729 g/mol. The molecule has 11 heteroatoms. The highest BCUT2D eigenvalue weighted by molar-refractivity contribution is 6.99. The molecule has 3 aromatic carbocycles. The smallest absolute Gasteiger partial charge is 0.423 e. The summed E-state index contributed by atoms with van der Waals surface area (Å²) in [5.74, 6) is -5.62. The van der Waals surface area contributed by atoms with E-state index in [-0.39, 0.29) is 24.5 Å². The maximum absolute atomic E-state index is 14.1. The van der Waals surface area contributed by atoms with Crippen LogP contribution in [0.15, 0.2) is 95.6 Å². The minimum Gasteiger partial charge on any atom is -0.505 e. The molecule has 9 nitrogen and oxygen atoms in total. The molecule has 0 radical (unpaired) electrons. The maximum Gasteiger partial charge on any atom is 0.423 e. The highest BCUT2D eigenvalue weighted by atomic mass is 28.4. The number of allylic oxidation sites excluding steroid dienone is 1. The van der Waals surface area contributed by atoms with Crippen LogP contribution in [0.5, 0.6) is 5.75 Å². The molecule has 276 valence electrons. The van der Waals surface area contributed by atoms with Gasteiger partial charge in [-0.25, -0.2) is 9.18 Å². The summed E-state index contributed by atoms with van der Waals surface area (Å²) in [5, 5.41) is 34.2. The van der Waals surface area contributed by atoms with Crippen molar-refractivity contribution in [2.24, 2.45) is 17.8 Å². The maximum atomic E-state index is 14.1. The van der Waals surface area contributed by atoms with Crippen LogP contribution in [0.3, 0.4) is 0 Å². The number of carbonyl (C=O) groups is 3. The first-order valence-corrected chi connectivity index (χ1v) is 19.6. The zero-order valence-corrected chi connectivity index (χ0v) is 31.3. The molecule has 3 N–H and O–H groups in total. The number of ether oxygens (including phenoxy) is 1. The van der Waals surface area contributed by atoms with Crippen LogP contribution in [-0.4, -0.2) is 72.9 Å². The van der Waals surface area contributed by atoms with Gasteiger partial charge < -0.3 is 24.5 Å². The molecule has 2 aliphatic rings. The molecule has 1 fully saturated rings. The van der Waals surface area contributed by atoms with Gasteiger partial charge in [-0.05, 0) is 69.9 Å². The first-order chi connectivity index (χ1) is 24.8. The average Bonchev–Trinajstić information content (AvgIpc) is 3.39. The standard InChI is InChI=1S/C41H48FNO8Si/c1-6-26(21-27-18-19-34(45)33(42)22-27)17-20-35(46)36-28(23-31-37(32(36)24-44)39(48)43(38(31)47)40(49)50-5)25-51-52(41(2,3)4,29-13-9-7-10-14-29)30-15-11-8-12-16-30/h7-16,18-19,21-22,31-32,35,37,44-46H,6,17,20,23-25H2,1-5H3/b26-21+/t31-,32+,35-,37-/m1/s1. The Labute approximate surface area is 305 Å². The Balaban J connectivity index is 1.58. The number of rotatable bonds is 12. The van der Waals surface area contributed by atoms with Crippen LogP contribution >= 0.6 is 0 Å². The van der Waals surface area contributed by atoms with E-state index >= 15 is 0 Å². The molecule has 0 spiro atoms. The van der Waals surface area contributed by atoms with Crippen molar-refractivity contribution in [2.75, 3.05) is 20.3 Å². The predicted octanol–water partition coefficient (Wildman–Crippen LogP) is 5.72. The summed E-state index contributed by atoms with van der Waals surface area (Å²) >= 11 is 0. The van der Waals surface area contributed by atoms with Crippen molar-refractivity contribution >= 4 is 42.7 Å². The number of phenolic OH excluding ortho intramolecular Hbond substituents is 1. The van der Waals surface area contributed by atoms with Crippen molar-refractivity contribution in [3.05, 3.63) is 107 Å². The SMILES string of the molecule is CC/C(=C\c1ccc(O)c(F)c1)CC[C@@H](O)C1=C(CO[Si](c2ccccc2)(c2ccccc2)C(C)(C)C)C[C@H]2C(=O)N(C(=O)OC)C(=O)[C@H]2[C@H]1CO. The van der Waals surface area contributed by atoms with E-state index in [1.54, 1.807) is 6.07 Å². The third kappa shape index (κ3) is 7.41. The Morgan fingerprint density at radius 2 is 1.63 bits per heavy atom. The van der Waals surface area contributed by atoms with Gasteiger partial charge in [0.1, 0.15) is 0 Å². The molecule has 0 saturated carbocycles. The van der Waals surface area contributed by atoms with E-state index < -0.39 is 68.3 Å². The second-order valence-electron chi connectivity index (χ2n) is 14.5. The van der Waals surface area contributed by atoms with Crippen molar-refractivity contribution in [2.45, 2.75) is 64.5 Å². The number of hydrogen-bond donors (Lipinski definition) is 3. The highest BCUT2D eigenvalue weighted by Gasteiger charge is 2.58. The Kier molecular flexibility index (Phi) is 12.0. The number of nitrogens with zero attached hydrogens (tertiary/aromatic N) is 1. The molecule has 1 aliphatic heterocycles. The van der Waals surface area contributed by atoms with E-state index in [1.165, 1.54) is 12.1 Å². The van der Waals surface area contributed by atoms with E-state index in [4.69, 9.17) is 9.16 Å². The molecular formula is C41H48FNO8Si. The van der Waals surface area contributed by atoms with Crippen LogP contribution in [0.1, 0.15) is 58.9 Å². The number of aliphatic hydroxyl groups excluding tert-OH is 2. The van der Waals surface area contributed by atoms with Gasteiger partial charge >= 0.3 is 6.09 Å². The molecule has 5 rings (SSSR count). The van der Waals surface area contributed by atoms with Crippen LogP contribution in [0.4, 0.5) is 9.18 Å². The lowest BCUT2D eigenvalue weighted by atomic mass is 9.68. The minimum atomic E-state index is -3.10. The molecule has 4 atom stereocenters. The number of hydrogen-bond acceptors (Lipinski definition) is 8. The van der Waals surface area contributed by atoms with Gasteiger partial charge in [0.25, 0.3) is 8.32 Å². The summed E-state index contributed by atoms with van der Waals surface area (Å²) in [7, 11) is -2.00. The van der Waals surface area contributed by atoms with Gasteiger partial charge in [-0.1, -0.05) is 106 Å². The van der Waals surface area contributed by atoms with E-state index in [0.717, 1.165) is 23.1 Å². The van der Waals surface area contributed by atoms with Gasteiger partial charge in [0.2, 0.25) is 11.8 Å². The zero-order valence-electron chi connectivity index (χ0n) is 30.3. The average molecular weight is 730 g/mol. The molecule has 1 heterocycles. The summed E-state index contributed by atoms with van der Waals surface area (Å²) in [6, 6.07) is 24.2. The Morgan fingerprint density at radius 3 is 2.15 bits per heavy atom. The van der Waals surface area contributed by atoms with E-state index in [1.807, 2.05) is 49.4 Å². The first kappa shape index (κ1) is 38.8. The largest absolute Gasteiger partial charge is 0.505 e. The molecule has 1 saturated heterocycles. The van der Waals surface area contributed by atoms with Crippen LogP contribution in [0, 0.1) is 23.6 Å². The molecule has 0 bridgehead atoms. The van der Waals surface area contributed by atoms with Crippen molar-refractivity contribution in [3.8, 4) is 5.75 Å². The van der Waals surface area contributed by atoms with Gasteiger partial charge in [0, 0.05) is 5.92 Å². The summed E-state index contributed by atoms with van der Waals surface area (Å²) in [6.45, 7) is 7.84. The van der Waals surface area contributed by atoms with Gasteiger partial charge in [-0.2, -0.15) is 4.90 Å². The van der Waals surface area contributed by atoms with E-state index in [0.29, 0.717) is 34.5 Å². The number of likely N-dealkylation sites (tertiary alicyclic amines) is 1. The molecule has 1 aliphatic carbocycles. The lowest BCUT2D eigenvalue weighted by Crippen LogP contribution is -2.66. The number of phenols is 1. The number of carbonyl (C=O) groups excluding carboxylic acids is 3. The number of aromatic hydroxyl groups is 1. The number of imide groups is 3. The third-order valence-corrected chi connectivity index (χ3v) is 15.5. The quantitative estimate of drug-likeness (QED) is 0.123.